The Labute approximate surface area is 182 Å². The van der Waals surface area contributed by atoms with E-state index in [9.17, 15) is 9.90 Å². The van der Waals surface area contributed by atoms with Crippen molar-refractivity contribution in [3.8, 4) is 11.5 Å². The molecule has 1 N–H and O–H groups in total. The van der Waals surface area contributed by atoms with Gasteiger partial charge in [-0.15, -0.1) is 0 Å². The number of amidine groups is 1. The number of carbonyl (C=O) groups is 1. The fourth-order valence-electron chi connectivity index (χ4n) is 2.85. The molecule has 0 bridgehead atoms. The molecule has 1 amide bonds. The van der Waals surface area contributed by atoms with Crippen LogP contribution < -0.4 is 9.64 Å². The van der Waals surface area contributed by atoms with Crippen LogP contribution in [0.5, 0.6) is 11.5 Å². The number of aromatic hydroxyl groups is 1. The highest BCUT2D eigenvalue weighted by atomic mass is 35.5. The number of nitrogens with zero attached hydrogens (tertiary/aromatic N) is 3. The number of amides is 1. The zero-order chi connectivity index (χ0) is 21.1. The molecule has 6 nitrogen and oxygen atoms in total. The molecule has 2 aromatic carbocycles. The van der Waals surface area contributed by atoms with E-state index in [2.05, 4.69) is 9.98 Å². The number of methoxy groups -OCH3 is 1. The van der Waals surface area contributed by atoms with Gasteiger partial charge in [-0.25, -0.2) is 9.98 Å². The van der Waals surface area contributed by atoms with Crippen LogP contribution in [0.15, 0.2) is 76.8 Å². The quantitative estimate of drug-likeness (QED) is 0.445. The number of aromatic nitrogens is 1. The number of hydrogen-bond donors (Lipinski definition) is 1. The second kappa shape index (κ2) is 8.61. The first-order chi connectivity index (χ1) is 14.6. The summed E-state index contributed by atoms with van der Waals surface area (Å²) < 4.78 is 5.15. The van der Waals surface area contributed by atoms with Crippen molar-refractivity contribution in [3.05, 3.63) is 82.5 Å². The number of halogens is 1. The summed E-state index contributed by atoms with van der Waals surface area (Å²) in [7, 11) is 1.47. The lowest BCUT2D eigenvalue weighted by atomic mass is 10.2. The average Bonchev–Trinajstić information content (AvgIpc) is 3.06. The van der Waals surface area contributed by atoms with Crippen molar-refractivity contribution < 1.29 is 14.6 Å². The monoisotopic (exact) mass is 437 g/mol. The average molecular weight is 438 g/mol. The van der Waals surface area contributed by atoms with Gasteiger partial charge >= 0.3 is 0 Å². The van der Waals surface area contributed by atoms with E-state index in [0.29, 0.717) is 32.8 Å². The van der Waals surface area contributed by atoms with Crippen molar-refractivity contribution in [1.82, 2.24) is 4.98 Å². The molecular formula is C22H16ClN3O3S. The first-order valence-corrected chi connectivity index (χ1v) is 10.1. The Kier molecular flexibility index (Phi) is 5.74. The predicted octanol–water partition coefficient (Wildman–Crippen LogP) is 5.26. The molecule has 30 heavy (non-hydrogen) atoms. The first-order valence-electron chi connectivity index (χ1n) is 8.92. The Morgan fingerprint density at radius 3 is 2.70 bits per heavy atom. The third-order valence-corrected chi connectivity index (χ3v) is 5.54. The first kappa shape index (κ1) is 20.0. The highest BCUT2D eigenvalue weighted by molar-refractivity contribution is 8.19. The molecule has 3 aromatic rings. The van der Waals surface area contributed by atoms with Gasteiger partial charge in [0.2, 0.25) is 0 Å². The Morgan fingerprint density at radius 2 is 1.97 bits per heavy atom. The minimum absolute atomic E-state index is 0.0319. The van der Waals surface area contributed by atoms with E-state index in [4.69, 9.17) is 16.3 Å². The number of rotatable bonds is 4. The van der Waals surface area contributed by atoms with Gasteiger partial charge in [-0.1, -0.05) is 35.9 Å². The SMILES string of the molecule is COc1cc(/C=C2\SC(=Nc3cccnc3Cl)N(c3ccccc3)C2=O)ccc1O. The number of carbonyl (C=O) groups excluding carboxylic acids is 1. The Hall–Kier alpha value is -3.29. The van der Waals surface area contributed by atoms with Crippen molar-refractivity contribution >= 4 is 51.9 Å². The number of phenols is 1. The maximum absolute atomic E-state index is 13.2. The summed E-state index contributed by atoms with van der Waals surface area (Å²) in [4.78, 5) is 23.9. The van der Waals surface area contributed by atoms with Crippen LogP contribution in [0.4, 0.5) is 11.4 Å². The molecule has 1 aromatic heterocycles. The van der Waals surface area contributed by atoms with Crippen molar-refractivity contribution in [3.63, 3.8) is 0 Å². The number of hydrogen-bond acceptors (Lipinski definition) is 6. The van der Waals surface area contributed by atoms with Gasteiger partial charge in [0.05, 0.1) is 17.7 Å². The molecule has 0 aliphatic carbocycles. The summed E-state index contributed by atoms with van der Waals surface area (Å²) in [6.45, 7) is 0. The van der Waals surface area contributed by atoms with E-state index in [1.54, 1.807) is 36.5 Å². The molecule has 0 radical (unpaired) electrons. The number of thioether (sulfide) groups is 1. The van der Waals surface area contributed by atoms with Crippen LogP contribution in [-0.2, 0) is 4.79 Å². The molecule has 0 atom stereocenters. The highest BCUT2D eigenvalue weighted by Gasteiger charge is 2.34. The predicted molar refractivity (Wildman–Crippen MR) is 120 cm³/mol. The molecule has 8 heteroatoms. The standard InChI is InChI=1S/C22H16ClN3O3S/c1-29-18-12-14(9-10-17(18)27)13-19-21(28)26(15-6-3-2-4-7-15)22(30-19)25-16-8-5-11-24-20(16)23/h2-13,27H,1H3/b19-13-,25-22?. The number of para-hydroxylation sites is 1. The van der Waals surface area contributed by atoms with Crippen LogP contribution in [0.25, 0.3) is 6.08 Å². The molecule has 2 heterocycles. The fraction of sp³-hybridized carbons (Fsp3) is 0.0455. The van der Waals surface area contributed by atoms with E-state index < -0.39 is 0 Å². The lowest BCUT2D eigenvalue weighted by Gasteiger charge is -2.15. The van der Waals surface area contributed by atoms with Gasteiger partial charge in [0, 0.05) is 6.20 Å². The number of pyridine rings is 1. The summed E-state index contributed by atoms with van der Waals surface area (Å²) in [5.74, 6) is 0.150. The highest BCUT2D eigenvalue weighted by Crippen LogP contribution is 2.38. The molecule has 0 saturated carbocycles. The Morgan fingerprint density at radius 1 is 1.17 bits per heavy atom. The smallest absolute Gasteiger partial charge is 0.271 e. The minimum Gasteiger partial charge on any atom is -0.504 e. The zero-order valence-corrected chi connectivity index (χ0v) is 17.4. The van der Waals surface area contributed by atoms with Crippen molar-refractivity contribution in [2.45, 2.75) is 0 Å². The molecule has 1 aliphatic rings. The van der Waals surface area contributed by atoms with Crippen LogP contribution in [0.2, 0.25) is 5.15 Å². The molecule has 1 fully saturated rings. The molecule has 150 valence electrons. The van der Waals surface area contributed by atoms with Gasteiger partial charge in [-0.05, 0) is 59.8 Å². The Balaban J connectivity index is 1.78. The number of ether oxygens (including phenoxy) is 1. The number of aliphatic imine (C=N–C) groups is 1. The van der Waals surface area contributed by atoms with Gasteiger partial charge < -0.3 is 9.84 Å². The number of phenolic OH excluding ortho intramolecular Hbond substituents is 1. The molecule has 1 aliphatic heterocycles. The fourth-order valence-corrected chi connectivity index (χ4v) is 4.01. The van der Waals surface area contributed by atoms with Crippen molar-refractivity contribution in [1.29, 1.82) is 0 Å². The minimum atomic E-state index is -0.211. The van der Waals surface area contributed by atoms with Crippen molar-refractivity contribution in [2.24, 2.45) is 4.99 Å². The summed E-state index contributed by atoms with van der Waals surface area (Å²) in [6.07, 6.45) is 3.32. The molecule has 0 spiro atoms. The summed E-state index contributed by atoms with van der Waals surface area (Å²) in [5, 5.41) is 10.5. The van der Waals surface area contributed by atoms with Crippen molar-refractivity contribution in [2.75, 3.05) is 12.0 Å². The summed E-state index contributed by atoms with van der Waals surface area (Å²) >= 11 is 7.40. The number of benzene rings is 2. The van der Waals surface area contributed by atoms with Crippen LogP contribution >= 0.6 is 23.4 Å². The van der Waals surface area contributed by atoms with Gasteiger partial charge in [-0.2, -0.15) is 0 Å². The topological polar surface area (TPSA) is 75.0 Å². The van der Waals surface area contributed by atoms with Crippen LogP contribution in [0.3, 0.4) is 0 Å². The third kappa shape index (κ3) is 4.03. The largest absolute Gasteiger partial charge is 0.504 e. The normalized spacial score (nSPS) is 16.5. The zero-order valence-electron chi connectivity index (χ0n) is 15.8. The van der Waals surface area contributed by atoms with E-state index in [1.165, 1.54) is 29.8 Å². The lowest BCUT2D eigenvalue weighted by Crippen LogP contribution is -2.28. The van der Waals surface area contributed by atoms with E-state index in [0.717, 1.165) is 0 Å². The maximum atomic E-state index is 13.2. The number of anilines is 1. The van der Waals surface area contributed by atoms with Gasteiger partial charge in [-0.3, -0.25) is 9.69 Å². The Bertz CT molecular complexity index is 1170. The third-order valence-electron chi connectivity index (χ3n) is 4.28. The summed E-state index contributed by atoms with van der Waals surface area (Å²) in [5.41, 5.74) is 1.89. The molecular weight excluding hydrogens is 422 g/mol. The van der Waals surface area contributed by atoms with E-state index >= 15 is 0 Å². The second-order valence-corrected chi connectivity index (χ2v) is 7.59. The maximum Gasteiger partial charge on any atom is 0.271 e. The lowest BCUT2D eigenvalue weighted by molar-refractivity contribution is -0.113. The van der Waals surface area contributed by atoms with E-state index in [-0.39, 0.29) is 16.8 Å². The van der Waals surface area contributed by atoms with Gasteiger partial charge in [0.1, 0.15) is 5.69 Å². The van der Waals surface area contributed by atoms with Gasteiger partial charge in [0.25, 0.3) is 5.91 Å². The second-order valence-electron chi connectivity index (χ2n) is 6.23. The molecule has 0 unspecified atom stereocenters. The molecule has 1 saturated heterocycles. The van der Waals surface area contributed by atoms with E-state index in [1.807, 2.05) is 30.3 Å². The van der Waals surface area contributed by atoms with Crippen LogP contribution in [0.1, 0.15) is 5.56 Å². The van der Waals surface area contributed by atoms with Crippen LogP contribution in [0, 0.1) is 0 Å². The summed E-state index contributed by atoms with van der Waals surface area (Å²) in [6, 6.07) is 17.6. The molecule has 4 rings (SSSR count). The van der Waals surface area contributed by atoms with Gasteiger partial charge in [0.15, 0.2) is 21.8 Å². The van der Waals surface area contributed by atoms with Crippen LogP contribution in [-0.4, -0.2) is 28.3 Å².